The Kier molecular flexibility index (Phi) is 19.7. The SMILES string of the molecule is CC(=O)O[C@H]1C(=O)[C@@]2(C)[C@H]([C@H](OC(=O)c3ccccc3)[C@]3(O)C[C@H](O)C(C)=C1C3(C)C)[C@]1(OC(C)=O)CO[C@@H]1C[C@@H]2O.CI.CSC(=S)[C@H]1C[C@H]2OC[C@@]2(OC(C)=O)[C@H]2[C@H](OC(=O)c3ccccc3)[C@]3(O)C[C@H](O)C(C)=C([C@@H](OC(C)=O)C(=O)[C@]12C)C3(C)C. The Balaban J connectivity index is 0.000000224. The number of benzene rings is 2. The van der Waals surface area contributed by atoms with Gasteiger partial charge in [-0.3, -0.25) is 28.8 Å². The van der Waals surface area contributed by atoms with Crippen molar-refractivity contribution < 1.29 is 102 Å². The van der Waals surface area contributed by atoms with Crippen molar-refractivity contribution >= 4 is 98.1 Å². The third-order valence-corrected chi connectivity index (χ3v) is 22.4. The predicted molar refractivity (Wildman–Crippen MR) is 333 cm³/mol. The van der Waals surface area contributed by atoms with E-state index >= 15 is 4.79 Å². The van der Waals surface area contributed by atoms with Gasteiger partial charge in [-0.05, 0) is 84.9 Å². The van der Waals surface area contributed by atoms with E-state index in [1.165, 1.54) is 51.6 Å². The molecule has 5 N–H and O–H groups in total. The molecule has 486 valence electrons. The third-order valence-electron chi connectivity index (χ3n) is 20.9. The Morgan fingerprint density at radius 3 is 1.27 bits per heavy atom. The average molecular weight is 1390 g/mol. The lowest BCUT2D eigenvalue weighted by Crippen LogP contribution is -2.81. The Bertz CT molecular complexity index is 3260. The van der Waals surface area contributed by atoms with E-state index in [0.717, 1.165) is 6.92 Å². The summed E-state index contributed by atoms with van der Waals surface area (Å²) in [5.74, 6) is -9.07. The molecular weight excluding hydrogens is 1310 g/mol. The number of ketones is 2. The molecule has 2 aromatic carbocycles. The van der Waals surface area contributed by atoms with Gasteiger partial charge in [0.2, 0.25) is 0 Å². The standard InChI is InChI=1S/C33H40O10S2.C31H38O11.CH3I/c1-16-21(36)14-33(39)27(42-28(38)19-11-9-8-10-12-19)25-31(6,26(37)24(41-17(2)34)23(16)30(33,4)5)20(29(44)45-7)13-22-32(25,15-40-22)43-18(3)35;1-15-19(34)13-31(38)26(41-27(37)18-10-8-7-9-11-18)24-29(6,20(35)12-21-30(24,14-39-21)42-17(3)33)25(36)23(40-16(2)32)22(15)28(31,4)5;1-2/h8-12,20-22,24-25,27,36,39H,13-15H2,1-7H3;7-11,19-21,23-24,26,34-35,38H,12-14H2,1-6H3;1H3/t20-,21+,22-,24-,25+,27+,31-,32+,33-;19-,20-,21+,23+,24-,26-,29+,30-,31+;/m10./s1. The topological polar surface area (TPSA) is 312 Å². The highest BCUT2D eigenvalue weighted by Crippen LogP contribution is 2.68. The number of Topliss-reactive ketones (excluding diaryl/α,β-unsaturated/α-hetero) is 2. The molecule has 2 aliphatic heterocycles. The Morgan fingerprint density at radius 1 is 0.573 bits per heavy atom. The van der Waals surface area contributed by atoms with Crippen LogP contribution in [-0.2, 0) is 66.7 Å². The van der Waals surface area contributed by atoms with E-state index in [1.54, 1.807) is 103 Å². The van der Waals surface area contributed by atoms with Gasteiger partial charge in [0.1, 0.15) is 35.6 Å². The van der Waals surface area contributed by atoms with E-state index in [-0.39, 0.29) is 61.2 Å². The van der Waals surface area contributed by atoms with Crippen molar-refractivity contribution in [2.24, 2.45) is 39.4 Å². The summed E-state index contributed by atoms with van der Waals surface area (Å²) >= 11 is 9.27. The summed E-state index contributed by atoms with van der Waals surface area (Å²) in [6.45, 7) is 17.4. The van der Waals surface area contributed by atoms with Gasteiger partial charge in [-0.1, -0.05) is 106 Å². The Morgan fingerprint density at radius 2 is 0.933 bits per heavy atom. The molecule has 0 radical (unpaired) electrons. The van der Waals surface area contributed by atoms with Crippen molar-refractivity contribution in [1.82, 2.24) is 0 Å². The minimum Gasteiger partial charge on any atom is -0.455 e. The second kappa shape index (κ2) is 25.1. The normalized spacial score (nSPS) is 38.5. The second-order valence-electron chi connectivity index (χ2n) is 26.1. The highest BCUT2D eigenvalue weighted by Gasteiger charge is 2.80. The van der Waals surface area contributed by atoms with E-state index in [2.05, 4.69) is 22.6 Å². The molecular formula is C65H81IO21S2. The summed E-state index contributed by atoms with van der Waals surface area (Å²) in [6, 6.07) is 16.3. The molecule has 2 heterocycles. The van der Waals surface area contributed by atoms with Gasteiger partial charge in [0.25, 0.3) is 0 Å². The van der Waals surface area contributed by atoms with Crippen LogP contribution in [0.15, 0.2) is 83.0 Å². The molecule has 10 rings (SSSR count). The van der Waals surface area contributed by atoms with Gasteiger partial charge in [0.05, 0.1) is 64.1 Å². The van der Waals surface area contributed by atoms with Crippen molar-refractivity contribution in [3.63, 3.8) is 0 Å². The molecule has 24 heteroatoms. The highest BCUT2D eigenvalue weighted by molar-refractivity contribution is 14.1. The number of fused-ring (bicyclic) bond motifs is 10. The first kappa shape index (κ1) is 69.9. The fourth-order valence-corrected chi connectivity index (χ4v) is 17.3. The van der Waals surface area contributed by atoms with Crippen LogP contribution in [-0.4, -0.2) is 179 Å². The van der Waals surface area contributed by atoms with E-state index in [1.807, 2.05) is 4.93 Å². The number of carbonyl (C=O) groups excluding carboxylic acids is 8. The quantitative estimate of drug-likeness (QED) is 0.0459. The van der Waals surface area contributed by atoms with Crippen LogP contribution in [0.4, 0.5) is 0 Å². The first-order valence-electron chi connectivity index (χ1n) is 29.4. The zero-order valence-corrected chi connectivity index (χ0v) is 56.2. The van der Waals surface area contributed by atoms with Crippen LogP contribution in [0.5, 0.6) is 0 Å². The number of halogens is 1. The maximum atomic E-state index is 15.3. The number of hydrogen-bond donors (Lipinski definition) is 5. The molecule has 21 nitrogen and oxygen atoms in total. The molecule has 6 aliphatic carbocycles. The van der Waals surface area contributed by atoms with Gasteiger partial charge in [0, 0.05) is 69.1 Å². The van der Waals surface area contributed by atoms with E-state index < -0.39 is 164 Å². The van der Waals surface area contributed by atoms with Crippen molar-refractivity contribution in [2.45, 2.75) is 186 Å². The smallest absolute Gasteiger partial charge is 0.338 e. The van der Waals surface area contributed by atoms with Gasteiger partial charge in [-0.25, -0.2) is 9.59 Å². The number of hydrogen-bond acceptors (Lipinski definition) is 23. The van der Waals surface area contributed by atoms with Crippen molar-refractivity contribution in [3.05, 3.63) is 94.1 Å². The Labute approximate surface area is 540 Å². The number of rotatable bonds is 9. The first-order valence-corrected chi connectivity index (χ1v) is 33.2. The molecule has 4 bridgehead atoms. The van der Waals surface area contributed by atoms with Crippen molar-refractivity contribution in [3.8, 4) is 0 Å². The summed E-state index contributed by atoms with van der Waals surface area (Å²) < 4.78 is 48.2. The largest absolute Gasteiger partial charge is 0.455 e. The van der Waals surface area contributed by atoms with Crippen molar-refractivity contribution in [1.29, 1.82) is 0 Å². The fourth-order valence-electron chi connectivity index (χ4n) is 16.3. The molecule has 0 spiro atoms. The lowest BCUT2D eigenvalue weighted by molar-refractivity contribution is -0.345. The Hall–Kier alpha value is -5.03. The molecule has 2 aromatic rings. The van der Waals surface area contributed by atoms with Crippen LogP contribution in [0.1, 0.15) is 129 Å². The minimum atomic E-state index is -2.11. The average Bonchev–Trinajstić information content (AvgIpc) is 0.697. The molecule has 0 unspecified atom stereocenters. The highest BCUT2D eigenvalue weighted by atomic mass is 127. The number of alkyl halides is 1. The zero-order valence-electron chi connectivity index (χ0n) is 52.4. The number of esters is 6. The molecule has 89 heavy (non-hydrogen) atoms. The van der Waals surface area contributed by atoms with Crippen LogP contribution in [0.25, 0.3) is 0 Å². The molecule has 6 fully saturated rings. The van der Waals surface area contributed by atoms with Gasteiger partial charge in [0.15, 0.2) is 35.0 Å². The van der Waals surface area contributed by atoms with Crippen LogP contribution < -0.4 is 0 Å². The maximum absolute atomic E-state index is 15.3. The first-order chi connectivity index (χ1) is 41.5. The van der Waals surface area contributed by atoms with E-state index in [9.17, 15) is 59.1 Å². The summed E-state index contributed by atoms with van der Waals surface area (Å²) in [6.07, 6.45) is -10.6. The van der Waals surface area contributed by atoms with Gasteiger partial charge >= 0.3 is 35.8 Å². The zero-order chi connectivity index (χ0) is 66.3. The summed E-state index contributed by atoms with van der Waals surface area (Å²) in [5, 5.41) is 60.3. The number of aliphatic hydroxyl groups is 5. The molecule has 0 amide bonds. The van der Waals surface area contributed by atoms with Crippen LogP contribution in [0.2, 0.25) is 0 Å². The van der Waals surface area contributed by atoms with Crippen LogP contribution in [0, 0.1) is 39.4 Å². The number of thioether (sulfide) groups is 1. The molecule has 0 aromatic heterocycles. The fraction of sp³-hybridized carbons (Fsp3) is 0.615. The van der Waals surface area contributed by atoms with Gasteiger partial charge in [-0.15, -0.1) is 11.8 Å². The molecule has 18 atom stereocenters. The van der Waals surface area contributed by atoms with E-state index in [0.29, 0.717) is 15.3 Å². The van der Waals surface area contributed by atoms with Crippen LogP contribution in [0.3, 0.4) is 0 Å². The van der Waals surface area contributed by atoms with Gasteiger partial charge in [-0.2, -0.15) is 0 Å². The molecule has 2 saturated heterocycles. The summed E-state index contributed by atoms with van der Waals surface area (Å²) in [7, 11) is 0. The summed E-state index contributed by atoms with van der Waals surface area (Å²) in [5.41, 5.74) is -12.2. The third kappa shape index (κ3) is 10.9. The predicted octanol–water partition coefficient (Wildman–Crippen LogP) is 6.30. The minimum absolute atomic E-state index is 0.110. The number of ether oxygens (including phenoxy) is 8. The summed E-state index contributed by atoms with van der Waals surface area (Å²) in [4.78, 5) is 110. The lowest BCUT2D eigenvalue weighted by atomic mass is 9.43. The van der Waals surface area contributed by atoms with Gasteiger partial charge < -0.3 is 63.4 Å². The number of aliphatic hydroxyl groups excluding tert-OH is 3. The number of carbonyl (C=O) groups is 8. The lowest BCUT2D eigenvalue weighted by Gasteiger charge is -2.68. The monoisotopic (exact) mass is 1390 g/mol. The molecule has 4 saturated carbocycles. The van der Waals surface area contributed by atoms with Crippen molar-refractivity contribution in [2.75, 3.05) is 24.4 Å². The second-order valence-corrected chi connectivity index (χ2v) is 27.6. The van der Waals surface area contributed by atoms with Crippen LogP contribution >= 0.6 is 46.6 Å². The number of thiocarbonyl (C=S) groups is 1. The maximum Gasteiger partial charge on any atom is 0.338 e. The van der Waals surface area contributed by atoms with E-state index in [4.69, 9.17) is 50.1 Å². The molecule has 8 aliphatic rings.